The summed E-state index contributed by atoms with van der Waals surface area (Å²) >= 11 is 0. The smallest absolute Gasteiger partial charge is 0.574 e. The second-order valence-electron chi connectivity index (χ2n) is 7.97. The largest absolute Gasteiger partial charge is 3.00 e. The number of hydrogen-bond donors (Lipinski definition) is 0. The first-order chi connectivity index (χ1) is 18.7. The molecule has 0 N–H and O–H groups in total. The molecule has 0 saturated carbocycles. The normalized spacial score (nSPS) is 9.97. The van der Waals surface area contributed by atoms with E-state index in [9.17, 15) is 0 Å². The zero-order valence-electron chi connectivity index (χ0n) is 20.9. The van der Waals surface area contributed by atoms with Gasteiger partial charge in [0.15, 0.2) is 0 Å². The van der Waals surface area contributed by atoms with Crippen molar-refractivity contribution in [3.8, 4) is 45.9 Å². The van der Waals surface area contributed by atoms with E-state index in [1.54, 1.807) is 36.7 Å². The number of benzene rings is 2. The predicted octanol–water partition coefficient (Wildman–Crippen LogP) is 6.74. The van der Waals surface area contributed by atoms with Gasteiger partial charge in [-0.15, -0.1) is 48.0 Å². The summed E-state index contributed by atoms with van der Waals surface area (Å²) in [7, 11) is 0. The van der Waals surface area contributed by atoms with Crippen molar-refractivity contribution in [3.05, 3.63) is 133 Å². The van der Waals surface area contributed by atoms with E-state index in [-0.39, 0.29) is 20.1 Å². The molecule has 0 aliphatic heterocycles. The first-order valence-electron chi connectivity index (χ1n) is 11.8. The molecule has 0 atom stereocenters. The molecule has 8 heteroatoms. The van der Waals surface area contributed by atoms with Crippen molar-refractivity contribution in [1.82, 2.24) is 25.1 Å². The standard InChI is InChI=1S/C20H14N4O2.C11H8N.Ir/c1-14-12-18(24-23-14)17-8-5-10-20(22-17)26-16-7-4-6-15(13-16)25-19-9-2-3-11-21-19;1-2-6-10(7-3-1)11-8-4-5-9-12-11;/h2-12H,1H3;1-6,8-9H;/q-2;-1;+3. The SMILES string of the molecule is Cc1cc(-c2cccc(Oc3[c-]c(Oc4ccccn4)ccc3)n2)[n-]n1.[Ir+3].[c-]1ccccc1-c1ccccn1. The maximum Gasteiger partial charge on any atom is 3.00 e. The van der Waals surface area contributed by atoms with Crippen LogP contribution in [-0.4, -0.2) is 20.1 Å². The molecule has 0 amide bonds. The fourth-order valence-electron chi connectivity index (χ4n) is 3.38. The van der Waals surface area contributed by atoms with Gasteiger partial charge in [-0.3, -0.25) is 0 Å². The van der Waals surface area contributed by atoms with Crippen LogP contribution in [0, 0.1) is 19.1 Å². The van der Waals surface area contributed by atoms with Crippen molar-refractivity contribution in [3.63, 3.8) is 0 Å². The molecule has 4 heterocycles. The van der Waals surface area contributed by atoms with Crippen LogP contribution in [0.5, 0.6) is 23.3 Å². The van der Waals surface area contributed by atoms with Gasteiger partial charge in [0.05, 0.1) is 5.69 Å². The molecular formula is C31H22IrN5O2. The zero-order chi connectivity index (χ0) is 26.0. The molecule has 6 aromatic rings. The third-order valence-electron chi connectivity index (χ3n) is 5.11. The molecule has 0 unspecified atom stereocenters. The Labute approximate surface area is 240 Å². The Balaban J connectivity index is 0.000000228. The van der Waals surface area contributed by atoms with Gasteiger partial charge in [-0.05, 0) is 30.8 Å². The Morgan fingerprint density at radius 1 is 0.692 bits per heavy atom. The summed E-state index contributed by atoms with van der Waals surface area (Å²) < 4.78 is 11.5. The van der Waals surface area contributed by atoms with E-state index in [1.807, 2.05) is 85.8 Å². The van der Waals surface area contributed by atoms with Crippen molar-refractivity contribution in [2.45, 2.75) is 6.92 Å². The third-order valence-corrected chi connectivity index (χ3v) is 5.11. The molecule has 0 radical (unpaired) electrons. The van der Waals surface area contributed by atoms with Crippen molar-refractivity contribution in [2.24, 2.45) is 0 Å². The number of aromatic nitrogens is 5. The van der Waals surface area contributed by atoms with Crippen LogP contribution in [0.2, 0.25) is 0 Å². The number of hydrogen-bond acceptors (Lipinski definition) is 6. The molecule has 7 nitrogen and oxygen atoms in total. The van der Waals surface area contributed by atoms with Gasteiger partial charge >= 0.3 is 20.1 Å². The molecule has 6 rings (SSSR count). The molecule has 0 bridgehead atoms. The summed E-state index contributed by atoms with van der Waals surface area (Å²) in [6.45, 7) is 1.89. The summed E-state index contributed by atoms with van der Waals surface area (Å²) in [4.78, 5) is 12.8. The molecule has 192 valence electrons. The van der Waals surface area contributed by atoms with E-state index >= 15 is 0 Å². The second-order valence-corrected chi connectivity index (χ2v) is 7.97. The minimum absolute atomic E-state index is 0. The summed E-state index contributed by atoms with van der Waals surface area (Å²) in [5.41, 5.74) is 4.27. The van der Waals surface area contributed by atoms with Gasteiger partial charge in [-0.25, -0.2) is 9.97 Å². The maximum atomic E-state index is 5.81. The van der Waals surface area contributed by atoms with Crippen LogP contribution < -0.4 is 14.6 Å². The monoisotopic (exact) mass is 689 g/mol. The molecule has 0 saturated heterocycles. The molecule has 2 aromatic carbocycles. The van der Waals surface area contributed by atoms with Gasteiger partial charge in [0.25, 0.3) is 0 Å². The third kappa shape index (κ3) is 7.92. The van der Waals surface area contributed by atoms with Gasteiger partial charge < -0.3 is 24.7 Å². The number of nitrogens with zero attached hydrogens (tertiary/aromatic N) is 5. The quantitative estimate of drug-likeness (QED) is 0.180. The zero-order valence-corrected chi connectivity index (χ0v) is 23.3. The number of pyridine rings is 3. The molecule has 0 aliphatic rings. The summed E-state index contributed by atoms with van der Waals surface area (Å²) in [6.07, 6.45) is 3.45. The van der Waals surface area contributed by atoms with Gasteiger partial charge in [-0.2, -0.15) is 6.07 Å². The van der Waals surface area contributed by atoms with Crippen LogP contribution in [-0.2, 0) is 20.1 Å². The average Bonchev–Trinajstić information content (AvgIpc) is 3.42. The van der Waals surface area contributed by atoms with Crippen LogP contribution in [0.4, 0.5) is 0 Å². The number of ether oxygens (including phenoxy) is 2. The van der Waals surface area contributed by atoms with Gasteiger partial charge in [0, 0.05) is 41.7 Å². The molecule has 0 spiro atoms. The second kappa shape index (κ2) is 13.8. The van der Waals surface area contributed by atoms with Gasteiger partial charge in [0.1, 0.15) is 0 Å². The van der Waals surface area contributed by atoms with Crippen LogP contribution in [0.1, 0.15) is 5.69 Å². The average molecular weight is 689 g/mol. The fourth-order valence-corrected chi connectivity index (χ4v) is 3.38. The topological polar surface area (TPSA) is 84.1 Å². The Hall–Kier alpha value is -4.65. The Kier molecular flexibility index (Phi) is 9.67. The van der Waals surface area contributed by atoms with Crippen molar-refractivity contribution in [1.29, 1.82) is 0 Å². The van der Waals surface area contributed by atoms with Gasteiger partial charge in [0.2, 0.25) is 11.8 Å². The summed E-state index contributed by atoms with van der Waals surface area (Å²) in [5, 5.41) is 8.09. The van der Waals surface area contributed by atoms with Crippen LogP contribution in [0.25, 0.3) is 22.6 Å². The Bertz CT molecular complexity index is 1540. The summed E-state index contributed by atoms with van der Waals surface area (Å²) in [5.74, 6) is 1.93. The molecule has 0 fully saturated rings. The number of rotatable bonds is 6. The first-order valence-corrected chi connectivity index (χ1v) is 11.8. The van der Waals surface area contributed by atoms with Crippen LogP contribution >= 0.6 is 0 Å². The summed E-state index contributed by atoms with van der Waals surface area (Å²) in [6, 6.07) is 38.1. The van der Waals surface area contributed by atoms with Crippen molar-refractivity contribution in [2.75, 3.05) is 0 Å². The van der Waals surface area contributed by atoms with E-state index in [1.165, 1.54) is 0 Å². The number of aryl methyl sites for hydroxylation is 1. The molecule has 39 heavy (non-hydrogen) atoms. The fraction of sp³-hybridized carbons (Fsp3) is 0.0323. The maximum absolute atomic E-state index is 5.81. The van der Waals surface area contributed by atoms with E-state index < -0.39 is 0 Å². The predicted molar refractivity (Wildman–Crippen MR) is 144 cm³/mol. The van der Waals surface area contributed by atoms with Gasteiger partial charge in [-0.1, -0.05) is 42.1 Å². The van der Waals surface area contributed by atoms with Crippen molar-refractivity contribution < 1.29 is 29.6 Å². The van der Waals surface area contributed by atoms with Crippen LogP contribution in [0.15, 0.2) is 116 Å². The molecular weight excluding hydrogens is 667 g/mol. The minimum Gasteiger partial charge on any atom is -0.574 e. The Morgan fingerprint density at radius 3 is 2.05 bits per heavy atom. The minimum atomic E-state index is 0. The van der Waals surface area contributed by atoms with E-state index in [2.05, 4.69) is 37.3 Å². The van der Waals surface area contributed by atoms with Crippen molar-refractivity contribution >= 4 is 0 Å². The van der Waals surface area contributed by atoms with Crippen LogP contribution in [0.3, 0.4) is 0 Å². The van der Waals surface area contributed by atoms with E-state index in [0.717, 1.165) is 17.0 Å². The first kappa shape index (κ1) is 27.4. The van der Waals surface area contributed by atoms with E-state index in [0.29, 0.717) is 34.6 Å². The molecule has 4 aromatic heterocycles. The Morgan fingerprint density at radius 2 is 1.38 bits per heavy atom. The van der Waals surface area contributed by atoms with E-state index in [4.69, 9.17) is 9.47 Å². The molecule has 0 aliphatic carbocycles.